The van der Waals surface area contributed by atoms with Gasteiger partial charge in [0, 0.05) is 11.1 Å². The van der Waals surface area contributed by atoms with E-state index in [2.05, 4.69) is 5.32 Å². The molecular weight excluding hydrogens is 286 g/mol. The van der Waals surface area contributed by atoms with E-state index >= 15 is 0 Å². The van der Waals surface area contributed by atoms with Crippen LogP contribution in [0.4, 0.5) is 5.69 Å². The largest absolute Gasteiger partial charge is 0.480 e. The molecule has 0 heterocycles. The number of fused-ring (bicyclic) bond motifs is 1. The molecule has 0 spiro atoms. The molecule has 3 nitrogen and oxygen atoms in total. The van der Waals surface area contributed by atoms with Gasteiger partial charge >= 0.3 is 0 Å². The number of nitrogens with one attached hydrogen (secondary N) is 1. The van der Waals surface area contributed by atoms with Crippen molar-refractivity contribution in [1.29, 1.82) is 0 Å². The molecule has 0 aliphatic heterocycles. The van der Waals surface area contributed by atoms with Crippen LogP contribution in [0.3, 0.4) is 0 Å². The van der Waals surface area contributed by atoms with Crippen molar-refractivity contribution in [2.45, 2.75) is 19.4 Å². The number of carbonyl (C=O) groups excluding carboxylic acids is 1. The fraction of sp³-hybridized carbons (Fsp3) is 0.150. The molecule has 23 heavy (non-hydrogen) atoms. The van der Waals surface area contributed by atoms with Crippen molar-refractivity contribution in [3.8, 4) is 5.75 Å². The van der Waals surface area contributed by atoms with Crippen LogP contribution in [-0.4, -0.2) is 12.0 Å². The highest BCUT2D eigenvalue weighted by Gasteiger charge is 2.19. The number of rotatable bonds is 5. The van der Waals surface area contributed by atoms with Crippen LogP contribution in [0.1, 0.15) is 13.3 Å². The molecule has 0 bridgehead atoms. The highest BCUT2D eigenvalue weighted by atomic mass is 16.5. The standard InChI is InChI=1S/C20H19NO2/c1-2-18(20(22)21-16-11-4-3-5-12-16)23-19-14-8-10-15-9-6-7-13-17(15)19/h3-14,18H,2H2,1H3,(H,21,22)/t18-/m1/s1. The maximum absolute atomic E-state index is 12.4. The molecule has 0 saturated heterocycles. The lowest BCUT2D eigenvalue weighted by Crippen LogP contribution is -2.32. The van der Waals surface area contributed by atoms with Crippen LogP contribution in [0.5, 0.6) is 5.75 Å². The minimum atomic E-state index is -0.527. The van der Waals surface area contributed by atoms with Crippen molar-refractivity contribution >= 4 is 22.4 Å². The first-order chi connectivity index (χ1) is 11.3. The molecule has 0 aliphatic carbocycles. The van der Waals surface area contributed by atoms with Gasteiger partial charge in [0.2, 0.25) is 0 Å². The molecule has 3 heteroatoms. The molecule has 0 fully saturated rings. The summed E-state index contributed by atoms with van der Waals surface area (Å²) in [4.78, 5) is 12.4. The summed E-state index contributed by atoms with van der Waals surface area (Å²) < 4.78 is 6.00. The van der Waals surface area contributed by atoms with Gasteiger partial charge in [-0.25, -0.2) is 0 Å². The predicted molar refractivity (Wildman–Crippen MR) is 93.7 cm³/mol. The molecule has 0 saturated carbocycles. The zero-order chi connectivity index (χ0) is 16.1. The topological polar surface area (TPSA) is 38.3 Å². The third-order valence-corrected chi connectivity index (χ3v) is 3.72. The van der Waals surface area contributed by atoms with E-state index in [4.69, 9.17) is 4.74 Å². The van der Waals surface area contributed by atoms with Crippen molar-refractivity contribution in [2.75, 3.05) is 5.32 Å². The Labute approximate surface area is 135 Å². The molecule has 0 aromatic heterocycles. The highest BCUT2D eigenvalue weighted by molar-refractivity contribution is 5.95. The summed E-state index contributed by atoms with van der Waals surface area (Å²) in [6, 6.07) is 23.3. The summed E-state index contributed by atoms with van der Waals surface area (Å²) in [6.45, 7) is 1.94. The number of anilines is 1. The average Bonchev–Trinajstić information content (AvgIpc) is 2.60. The van der Waals surface area contributed by atoms with Gasteiger partial charge in [-0.05, 0) is 30.0 Å². The lowest BCUT2D eigenvalue weighted by atomic mass is 10.1. The lowest BCUT2D eigenvalue weighted by Gasteiger charge is -2.18. The first kappa shape index (κ1) is 15.1. The lowest BCUT2D eigenvalue weighted by molar-refractivity contribution is -0.122. The van der Waals surface area contributed by atoms with Crippen LogP contribution in [0.25, 0.3) is 10.8 Å². The monoisotopic (exact) mass is 305 g/mol. The molecule has 3 rings (SSSR count). The quantitative estimate of drug-likeness (QED) is 0.746. The summed E-state index contributed by atoms with van der Waals surface area (Å²) in [6.07, 6.45) is 0.0723. The van der Waals surface area contributed by atoms with Crippen LogP contribution in [0.15, 0.2) is 72.8 Å². The zero-order valence-electron chi connectivity index (χ0n) is 13.0. The van der Waals surface area contributed by atoms with Crippen molar-refractivity contribution in [3.05, 3.63) is 72.8 Å². The van der Waals surface area contributed by atoms with E-state index in [1.165, 1.54) is 0 Å². The fourth-order valence-corrected chi connectivity index (χ4v) is 2.52. The van der Waals surface area contributed by atoms with E-state index in [1.54, 1.807) is 0 Å². The van der Waals surface area contributed by atoms with Crippen molar-refractivity contribution in [1.82, 2.24) is 0 Å². The Morgan fingerprint density at radius 2 is 1.65 bits per heavy atom. The normalized spacial score (nSPS) is 11.9. The Morgan fingerprint density at radius 3 is 2.43 bits per heavy atom. The Morgan fingerprint density at radius 1 is 0.957 bits per heavy atom. The van der Waals surface area contributed by atoms with E-state index in [0.717, 1.165) is 22.2 Å². The second-order valence-electron chi connectivity index (χ2n) is 5.35. The van der Waals surface area contributed by atoms with Crippen LogP contribution < -0.4 is 10.1 Å². The van der Waals surface area contributed by atoms with Crippen LogP contribution in [-0.2, 0) is 4.79 Å². The number of hydrogen-bond donors (Lipinski definition) is 1. The van der Waals surface area contributed by atoms with E-state index in [9.17, 15) is 4.79 Å². The number of amides is 1. The van der Waals surface area contributed by atoms with Gasteiger partial charge in [0.1, 0.15) is 5.75 Å². The summed E-state index contributed by atoms with van der Waals surface area (Å²) in [5, 5.41) is 5.01. The van der Waals surface area contributed by atoms with Crippen LogP contribution in [0, 0.1) is 0 Å². The third-order valence-electron chi connectivity index (χ3n) is 3.72. The molecule has 3 aromatic rings. The summed E-state index contributed by atoms with van der Waals surface area (Å²) >= 11 is 0. The Hall–Kier alpha value is -2.81. The van der Waals surface area contributed by atoms with E-state index in [0.29, 0.717) is 6.42 Å². The molecule has 116 valence electrons. The summed E-state index contributed by atoms with van der Waals surface area (Å²) in [7, 11) is 0. The molecule has 3 aromatic carbocycles. The van der Waals surface area contributed by atoms with Crippen LogP contribution >= 0.6 is 0 Å². The maximum atomic E-state index is 12.4. The summed E-state index contributed by atoms with van der Waals surface area (Å²) in [5.74, 6) is 0.602. The minimum absolute atomic E-state index is 0.133. The van der Waals surface area contributed by atoms with Gasteiger partial charge in [0.25, 0.3) is 5.91 Å². The van der Waals surface area contributed by atoms with Gasteiger partial charge in [-0.3, -0.25) is 4.79 Å². The maximum Gasteiger partial charge on any atom is 0.265 e. The molecule has 0 aliphatic rings. The van der Waals surface area contributed by atoms with E-state index in [-0.39, 0.29) is 5.91 Å². The Kier molecular flexibility index (Phi) is 4.57. The van der Waals surface area contributed by atoms with Gasteiger partial charge in [-0.1, -0.05) is 61.5 Å². The van der Waals surface area contributed by atoms with Gasteiger partial charge in [0.15, 0.2) is 6.10 Å². The van der Waals surface area contributed by atoms with E-state index < -0.39 is 6.10 Å². The molecule has 1 amide bonds. The Bertz CT molecular complexity index is 794. The number of para-hydroxylation sites is 1. The number of carbonyl (C=O) groups is 1. The first-order valence-electron chi connectivity index (χ1n) is 7.78. The SMILES string of the molecule is CC[C@@H](Oc1cccc2ccccc12)C(=O)Nc1ccccc1. The predicted octanol–water partition coefficient (Wildman–Crippen LogP) is 4.64. The first-order valence-corrected chi connectivity index (χ1v) is 7.78. The second kappa shape index (κ2) is 6.97. The third kappa shape index (κ3) is 3.51. The van der Waals surface area contributed by atoms with Gasteiger partial charge in [0.05, 0.1) is 0 Å². The van der Waals surface area contributed by atoms with Crippen molar-refractivity contribution < 1.29 is 9.53 Å². The van der Waals surface area contributed by atoms with Crippen molar-refractivity contribution in [2.24, 2.45) is 0 Å². The average molecular weight is 305 g/mol. The van der Waals surface area contributed by atoms with Gasteiger partial charge in [-0.2, -0.15) is 0 Å². The highest BCUT2D eigenvalue weighted by Crippen LogP contribution is 2.26. The van der Waals surface area contributed by atoms with Crippen molar-refractivity contribution in [3.63, 3.8) is 0 Å². The molecule has 1 atom stereocenters. The second-order valence-corrected chi connectivity index (χ2v) is 5.35. The molecular formula is C20H19NO2. The number of hydrogen-bond acceptors (Lipinski definition) is 2. The number of ether oxygens (including phenoxy) is 1. The van der Waals surface area contributed by atoms with E-state index in [1.807, 2.05) is 79.7 Å². The van der Waals surface area contributed by atoms with Gasteiger partial charge in [-0.15, -0.1) is 0 Å². The zero-order valence-corrected chi connectivity index (χ0v) is 13.0. The number of benzene rings is 3. The minimum Gasteiger partial charge on any atom is -0.480 e. The molecule has 0 radical (unpaired) electrons. The smallest absolute Gasteiger partial charge is 0.265 e. The molecule has 1 N–H and O–H groups in total. The fourth-order valence-electron chi connectivity index (χ4n) is 2.52. The summed E-state index contributed by atoms with van der Waals surface area (Å²) in [5.41, 5.74) is 0.775. The van der Waals surface area contributed by atoms with Crippen LogP contribution in [0.2, 0.25) is 0 Å². The Balaban J connectivity index is 1.80. The molecule has 0 unspecified atom stereocenters. The van der Waals surface area contributed by atoms with Gasteiger partial charge < -0.3 is 10.1 Å².